The van der Waals surface area contributed by atoms with Crippen molar-refractivity contribution in [1.82, 2.24) is 10.6 Å². The number of thiophene rings is 1. The molecule has 0 radical (unpaired) electrons. The molecule has 8 heteroatoms. The second kappa shape index (κ2) is 9.04. The summed E-state index contributed by atoms with van der Waals surface area (Å²) in [5, 5.41) is 15.9. The van der Waals surface area contributed by atoms with Crippen molar-refractivity contribution in [3.63, 3.8) is 0 Å². The molecule has 122 valence electrons. The number of hydrogen-bond donors (Lipinski definition) is 4. The minimum Gasteiger partial charge on any atom is -0.480 e. The lowest BCUT2D eigenvalue weighted by Crippen LogP contribution is -2.43. The topological polar surface area (TPSA) is 122 Å². The van der Waals surface area contributed by atoms with Crippen LogP contribution in [0.3, 0.4) is 0 Å². The molecule has 22 heavy (non-hydrogen) atoms. The van der Waals surface area contributed by atoms with Crippen molar-refractivity contribution < 1.29 is 19.5 Å². The summed E-state index contributed by atoms with van der Waals surface area (Å²) >= 11 is 1.39. The van der Waals surface area contributed by atoms with E-state index < -0.39 is 30.0 Å². The van der Waals surface area contributed by atoms with E-state index in [1.54, 1.807) is 12.1 Å². The van der Waals surface area contributed by atoms with Crippen LogP contribution in [-0.4, -0.2) is 29.1 Å². The Hall–Kier alpha value is -2.09. The molecule has 0 saturated carbocycles. The molecule has 0 saturated heterocycles. The van der Waals surface area contributed by atoms with Crippen LogP contribution in [0, 0.1) is 0 Å². The highest BCUT2D eigenvalue weighted by molar-refractivity contribution is 7.10. The molecule has 5 N–H and O–H groups in total. The Bertz CT molecular complexity index is 504. The molecular weight excluding hydrogens is 306 g/mol. The molecule has 0 aliphatic heterocycles. The van der Waals surface area contributed by atoms with Gasteiger partial charge in [0.15, 0.2) is 0 Å². The Morgan fingerprint density at radius 2 is 2.09 bits per heavy atom. The molecule has 7 nitrogen and oxygen atoms in total. The van der Waals surface area contributed by atoms with Crippen molar-refractivity contribution in [2.45, 2.75) is 44.7 Å². The van der Waals surface area contributed by atoms with Crippen LogP contribution in [0.25, 0.3) is 0 Å². The maximum atomic E-state index is 12.0. The third-order valence-corrected chi connectivity index (χ3v) is 4.06. The Labute approximate surface area is 132 Å². The van der Waals surface area contributed by atoms with Gasteiger partial charge < -0.3 is 21.5 Å². The van der Waals surface area contributed by atoms with Gasteiger partial charge in [-0.2, -0.15) is 0 Å². The third kappa shape index (κ3) is 6.13. The highest BCUT2D eigenvalue weighted by Crippen LogP contribution is 2.22. The maximum Gasteiger partial charge on any atom is 0.326 e. The van der Waals surface area contributed by atoms with Gasteiger partial charge in [-0.05, 0) is 17.9 Å². The first-order valence-electron chi connectivity index (χ1n) is 7.05. The fourth-order valence-corrected chi connectivity index (χ4v) is 2.77. The highest BCUT2D eigenvalue weighted by atomic mass is 32.1. The Morgan fingerprint density at radius 1 is 1.36 bits per heavy atom. The number of aliphatic carboxylic acids is 1. The van der Waals surface area contributed by atoms with Gasteiger partial charge in [-0.3, -0.25) is 4.79 Å². The predicted molar refractivity (Wildman–Crippen MR) is 83.5 cm³/mol. The standard InChI is InChI=1S/C14H21N3O4S/c1-2-3-5-9(13(19)20)16-12(18)8-10(17-14(15)21)11-6-4-7-22-11/h4,6-7,9-10H,2-3,5,8H2,1H3,(H,16,18)(H,19,20)(H3,15,17,21). The number of nitrogens with one attached hydrogen (secondary N) is 2. The van der Waals surface area contributed by atoms with Gasteiger partial charge in [-0.25, -0.2) is 9.59 Å². The number of amides is 3. The zero-order valence-electron chi connectivity index (χ0n) is 12.4. The third-order valence-electron chi connectivity index (χ3n) is 3.07. The number of primary amides is 1. The van der Waals surface area contributed by atoms with Crippen molar-refractivity contribution in [2.75, 3.05) is 0 Å². The van der Waals surface area contributed by atoms with Crippen LogP contribution in [-0.2, 0) is 9.59 Å². The number of urea groups is 1. The van der Waals surface area contributed by atoms with Crippen molar-refractivity contribution in [2.24, 2.45) is 5.73 Å². The van der Waals surface area contributed by atoms with Crippen molar-refractivity contribution in [3.05, 3.63) is 22.4 Å². The summed E-state index contributed by atoms with van der Waals surface area (Å²) in [5.41, 5.74) is 5.12. The van der Waals surface area contributed by atoms with Gasteiger partial charge in [0.2, 0.25) is 5.91 Å². The highest BCUT2D eigenvalue weighted by Gasteiger charge is 2.23. The van der Waals surface area contributed by atoms with Crippen molar-refractivity contribution in [3.8, 4) is 0 Å². The summed E-state index contributed by atoms with van der Waals surface area (Å²) < 4.78 is 0. The lowest BCUT2D eigenvalue weighted by atomic mass is 10.1. The van der Waals surface area contributed by atoms with E-state index in [0.29, 0.717) is 12.8 Å². The molecule has 1 aromatic rings. The molecule has 0 bridgehead atoms. The van der Waals surface area contributed by atoms with Crippen LogP contribution < -0.4 is 16.4 Å². The minimum atomic E-state index is -1.06. The van der Waals surface area contributed by atoms with E-state index in [4.69, 9.17) is 10.8 Å². The molecule has 1 heterocycles. The van der Waals surface area contributed by atoms with Crippen LogP contribution in [0.5, 0.6) is 0 Å². The van der Waals surface area contributed by atoms with E-state index in [1.807, 2.05) is 12.3 Å². The Balaban J connectivity index is 2.65. The van der Waals surface area contributed by atoms with Crippen molar-refractivity contribution in [1.29, 1.82) is 0 Å². The van der Waals surface area contributed by atoms with E-state index in [9.17, 15) is 14.4 Å². The zero-order valence-corrected chi connectivity index (χ0v) is 13.2. The van der Waals surface area contributed by atoms with Gasteiger partial charge in [-0.1, -0.05) is 25.8 Å². The number of carboxylic acids is 1. The quantitative estimate of drug-likeness (QED) is 0.550. The van der Waals surface area contributed by atoms with Crippen LogP contribution in [0.1, 0.15) is 43.5 Å². The SMILES string of the molecule is CCCCC(NC(=O)CC(NC(N)=O)c1cccs1)C(=O)O. The number of carbonyl (C=O) groups is 3. The number of carbonyl (C=O) groups excluding carboxylic acids is 2. The molecule has 0 aliphatic carbocycles. The molecule has 0 spiro atoms. The number of carboxylic acid groups (broad SMARTS) is 1. The average Bonchev–Trinajstić information content (AvgIpc) is 2.96. The molecule has 1 aromatic heterocycles. The molecule has 1 rings (SSSR count). The lowest BCUT2D eigenvalue weighted by Gasteiger charge is -2.18. The molecule has 2 unspecified atom stereocenters. The van der Waals surface area contributed by atoms with E-state index >= 15 is 0 Å². The first-order valence-corrected chi connectivity index (χ1v) is 7.93. The molecule has 0 aliphatic rings. The summed E-state index contributed by atoms with van der Waals surface area (Å²) in [6.45, 7) is 1.95. The summed E-state index contributed by atoms with van der Waals surface area (Å²) in [7, 11) is 0. The van der Waals surface area contributed by atoms with Crippen LogP contribution >= 0.6 is 11.3 Å². The van der Waals surface area contributed by atoms with E-state index in [1.165, 1.54) is 11.3 Å². The Morgan fingerprint density at radius 3 is 2.59 bits per heavy atom. The lowest BCUT2D eigenvalue weighted by molar-refractivity contribution is -0.142. The second-order valence-corrected chi connectivity index (χ2v) is 5.86. The summed E-state index contributed by atoms with van der Waals surface area (Å²) in [5.74, 6) is -1.49. The van der Waals surface area contributed by atoms with Crippen LogP contribution in [0.2, 0.25) is 0 Å². The number of rotatable bonds is 9. The van der Waals surface area contributed by atoms with Gasteiger partial charge in [0.05, 0.1) is 12.5 Å². The maximum absolute atomic E-state index is 12.0. The largest absolute Gasteiger partial charge is 0.480 e. The molecule has 0 fully saturated rings. The smallest absolute Gasteiger partial charge is 0.326 e. The molecule has 2 atom stereocenters. The minimum absolute atomic E-state index is 0.0562. The summed E-state index contributed by atoms with van der Waals surface area (Å²) in [6, 6.07) is 1.38. The number of unbranched alkanes of at least 4 members (excludes halogenated alkanes) is 1. The van der Waals surface area contributed by atoms with Crippen LogP contribution in [0.4, 0.5) is 4.79 Å². The van der Waals surface area contributed by atoms with Gasteiger partial charge in [0.1, 0.15) is 6.04 Å². The normalized spacial score (nSPS) is 13.1. The van der Waals surface area contributed by atoms with E-state index in [0.717, 1.165) is 11.3 Å². The van der Waals surface area contributed by atoms with Gasteiger partial charge in [0.25, 0.3) is 0 Å². The summed E-state index contributed by atoms with van der Waals surface area (Å²) in [4.78, 5) is 35.0. The van der Waals surface area contributed by atoms with E-state index in [2.05, 4.69) is 10.6 Å². The average molecular weight is 327 g/mol. The van der Waals surface area contributed by atoms with Crippen LogP contribution in [0.15, 0.2) is 17.5 Å². The predicted octanol–water partition coefficient (Wildman–Crippen LogP) is 1.61. The van der Waals surface area contributed by atoms with Crippen molar-refractivity contribution >= 4 is 29.2 Å². The number of nitrogens with two attached hydrogens (primary N) is 1. The molecule has 3 amide bonds. The van der Waals surface area contributed by atoms with Gasteiger partial charge >= 0.3 is 12.0 Å². The van der Waals surface area contributed by atoms with Gasteiger partial charge in [0, 0.05) is 4.88 Å². The molecule has 0 aromatic carbocycles. The zero-order chi connectivity index (χ0) is 16.5. The van der Waals surface area contributed by atoms with Gasteiger partial charge in [-0.15, -0.1) is 11.3 Å². The second-order valence-electron chi connectivity index (χ2n) is 4.88. The van der Waals surface area contributed by atoms with E-state index in [-0.39, 0.29) is 6.42 Å². The summed E-state index contributed by atoms with van der Waals surface area (Å²) in [6.07, 6.45) is 1.88. The number of hydrogen-bond acceptors (Lipinski definition) is 4. The Kier molecular flexibility index (Phi) is 7.38. The first kappa shape index (κ1) is 18.0. The first-order chi connectivity index (χ1) is 10.4. The monoisotopic (exact) mass is 327 g/mol. The fourth-order valence-electron chi connectivity index (χ4n) is 1.99. The molecular formula is C14H21N3O4S. The fraction of sp³-hybridized carbons (Fsp3) is 0.500.